The van der Waals surface area contributed by atoms with Crippen molar-refractivity contribution >= 4 is 0 Å². The molecule has 0 bridgehead atoms. The van der Waals surface area contributed by atoms with Crippen molar-refractivity contribution < 1.29 is 0 Å². The molecule has 15 heavy (non-hydrogen) atoms. The minimum atomic E-state index is 0.296. The number of fused-ring (bicyclic) bond motifs is 1. The summed E-state index contributed by atoms with van der Waals surface area (Å²) >= 11 is 0. The fourth-order valence-corrected chi connectivity index (χ4v) is 2.87. The van der Waals surface area contributed by atoms with Gasteiger partial charge >= 0.3 is 0 Å². The van der Waals surface area contributed by atoms with Gasteiger partial charge in [0.15, 0.2) is 0 Å². The second kappa shape index (κ2) is 3.64. The molecule has 1 saturated carbocycles. The van der Waals surface area contributed by atoms with Crippen molar-refractivity contribution in [3.63, 3.8) is 0 Å². The minimum absolute atomic E-state index is 0.296. The minimum Gasteiger partial charge on any atom is -0.324 e. The molecule has 0 spiro atoms. The Bertz CT molecular complexity index is 366. The van der Waals surface area contributed by atoms with E-state index in [1.165, 1.54) is 44.1 Å². The predicted molar refractivity (Wildman–Crippen MR) is 62.7 cm³/mol. The van der Waals surface area contributed by atoms with E-state index in [2.05, 4.69) is 18.2 Å². The maximum absolute atomic E-state index is 6.29. The van der Waals surface area contributed by atoms with E-state index in [0.717, 1.165) is 5.92 Å². The summed E-state index contributed by atoms with van der Waals surface area (Å²) in [6.07, 6.45) is 7.91. The quantitative estimate of drug-likeness (QED) is 0.782. The van der Waals surface area contributed by atoms with Crippen LogP contribution in [0.4, 0.5) is 0 Å². The van der Waals surface area contributed by atoms with Crippen LogP contribution in [0.3, 0.4) is 0 Å². The molecule has 3 rings (SSSR count). The first kappa shape index (κ1) is 9.41. The lowest BCUT2D eigenvalue weighted by atomic mass is 9.77. The largest absolute Gasteiger partial charge is 0.324 e. The lowest BCUT2D eigenvalue weighted by Gasteiger charge is -2.31. The summed E-state index contributed by atoms with van der Waals surface area (Å²) < 4.78 is 0. The molecule has 80 valence electrons. The summed E-state index contributed by atoms with van der Waals surface area (Å²) in [6.45, 7) is 0. The first-order valence-electron chi connectivity index (χ1n) is 6.22. The highest BCUT2D eigenvalue weighted by Crippen LogP contribution is 2.37. The highest BCUT2D eigenvalue weighted by Gasteiger charge is 2.26. The van der Waals surface area contributed by atoms with Crippen molar-refractivity contribution in [1.29, 1.82) is 0 Å². The van der Waals surface area contributed by atoms with E-state index in [1.807, 2.05) is 0 Å². The fraction of sp³-hybridized carbons (Fsp3) is 0.571. The number of rotatable bonds is 2. The summed E-state index contributed by atoms with van der Waals surface area (Å²) in [6, 6.07) is 7.22. The van der Waals surface area contributed by atoms with Gasteiger partial charge < -0.3 is 5.73 Å². The van der Waals surface area contributed by atoms with Crippen molar-refractivity contribution in [1.82, 2.24) is 0 Å². The predicted octanol–water partition coefficient (Wildman–Crippen LogP) is 2.98. The molecule has 0 amide bonds. The Hall–Kier alpha value is -0.820. The molecule has 1 atom stereocenters. The molecule has 0 heterocycles. The smallest absolute Gasteiger partial charge is 0.0323 e. The summed E-state index contributed by atoms with van der Waals surface area (Å²) in [5.41, 5.74) is 10.8. The SMILES string of the molecule is NC(c1ccc2c(c1)CCC2)C1CCC1. The van der Waals surface area contributed by atoms with E-state index >= 15 is 0 Å². The summed E-state index contributed by atoms with van der Waals surface area (Å²) in [4.78, 5) is 0. The van der Waals surface area contributed by atoms with Gasteiger partial charge in [0.1, 0.15) is 0 Å². The van der Waals surface area contributed by atoms with Gasteiger partial charge in [-0.2, -0.15) is 0 Å². The summed E-state index contributed by atoms with van der Waals surface area (Å²) in [7, 11) is 0. The standard InChI is InChI=1S/C14H19N/c15-14(11-4-2-5-11)13-8-7-10-3-1-6-12(10)9-13/h7-9,11,14H,1-6,15H2. The van der Waals surface area contributed by atoms with E-state index < -0.39 is 0 Å². The van der Waals surface area contributed by atoms with Crippen LogP contribution in [0.1, 0.15) is 48.4 Å². The molecule has 1 aromatic carbocycles. The van der Waals surface area contributed by atoms with Gasteiger partial charge in [-0.3, -0.25) is 0 Å². The van der Waals surface area contributed by atoms with Crippen LogP contribution in [0, 0.1) is 5.92 Å². The van der Waals surface area contributed by atoms with Gasteiger partial charge in [-0.1, -0.05) is 24.6 Å². The Morgan fingerprint density at radius 1 is 1.07 bits per heavy atom. The normalized spacial score (nSPS) is 22.2. The third kappa shape index (κ3) is 1.59. The van der Waals surface area contributed by atoms with Crippen LogP contribution in [-0.4, -0.2) is 0 Å². The van der Waals surface area contributed by atoms with Gasteiger partial charge in [-0.25, -0.2) is 0 Å². The molecular weight excluding hydrogens is 182 g/mol. The topological polar surface area (TPSA) is 26.0 Å². The first-order valence-corrected chi connectivity index (χ1v) is 6.22. The zero-order valence-corrected chi connectivity index (χ0v) is 9.21. The third-order valence-corrected chi connectivity index (χ3v) is 4.17. The molecule has 2 aliphatic rings. The lowest BCUT2D eigenvalue weighted by Crippen LogP contribution is -2.26. The zero-order valence-electron chi connectivity index (χ0n) is 9.21. The molecule has 2 N–H and O–H groups in total. The van der Waals surface area contributed by atoms with Gasteiger partial charge in [-0.05, 0) is 54.7 Å². The Labute approximate surface area is 91.7 Å². The molecule has 1 nitrogen and oxygen atoms in total. The fourth-order valence-electron chi connectivity index (χ4n) is 2.87. The van der Waals surface area contributed by atoms with E-state index in [1.54, 1.807) is 11.1 Å². The van der Waals surface area contributed by atoms with Crippen LogP contribution in [0.25, 0.3) is 0 Å². The molecule has 1 fully saturated rings. The van der Waals surface area contributed by atoms with Crippen LogP contribution in [0.2, 0.25) is 0 Å². The second-order valence-corrected chi connectivity index (χ2v) is 5.10. The lowest BCUT2D eigenvalue weighted by molar-refractivity contribution is 0.264. The third-order valence-electron chi connectivity index (χ3n) is 4.17. The molecule has 2 aliphatic carbocycles. The molecule has 1 aromatic rings. The van der Waals surface area contributed by atoms with Crippen molar-refractivity contribution in [3.05, 3.63) is 34.9 Å². The average molecular weight is 201 g/mol. The molecule has 1 unspecified atom stereocenters. The van der Waals surface area contributed by atoms with Crippen LogP contribution >= 0.6 is 0 Å². The zero-order chi connectivity index (χ0) is 10.3. The van der Waals surface area contributed by atoms with Crippen LogP contribution < -0.4 is 5.73 Å². The van der Waals surface area contributed by atoms with Gasteiger partial charge in [0.2, 0.25) is 0 Å². The number of hydrogen-bond acceptors (Lipinski definition) is 1. The maximum atomic E-state index is 6.29. The molecular formula is C14H19N. The van der Waals surface area contributed by atoms with E-state index in [-0.39, 0.29) is 0 Å². The first-order chi connectivity index (χ1) is 7.34. The van der Waals surface area contributed by atoms with E-state index in [0.29, 0.717) is 6.04 Å². The number of benzene rings is 1. The van der Waals surface area contributed by atoms with Crippen molar-refractivity contribution in [2.24, 2.45) is 11.7 Å². The Morgan fingerprint density at radius 2 is 1.87 bits per heavy atom. The van der Waals surface area contributed by atoms with Gasteiger partial charge in [0, 0.05) is 6.04 Å². The van der Waals surface area contributed by atoms with Crippen molar-refractivity contribution in [2.75, 3.05) is 0 Å². The molecule has 1 heteroatoms. The highest BCUT2D eigenvalue weighted by atomic mass is 14.7. The molecule has 0 aromatic heterocycles. The number of hydrogen-bond donors (Lipinski definition) is 1. The monoisotopic (exact) mass is 201 g/mol. The number of aryl methyl sites for hydroxylation is 2. The van der Waals surface area contributed by atoms with E-state index in [4.69, 9.17) is 5.73 Å². The van der Waals surface area contributed by atoms with E-state index in [9.17, 15) is 0 Å². The summed E-state index contributed by atoms with van der Waals surface area (Å²) in [5, 5.41) is 0. The van der Waals surface area contributed by atoms with Crippen LogP contribution in [0.15, 0.2) is 18.2 Å². The van der Waals surface area contributed by atoms with Crippen LogP contribution in [-0.2, 0) is 12.8 Å². The molecule has 0 radical (unpaired) electrons. The van der Waals surface area contributed by atoms with Crippen molar-refractivity contribution in [2.45, 2.75) is 44.6 Å². The highest BCUT2D eigenvalue weighted by molar-refractivity contribution is 5.36. The van der Waals surface area contributed by atoms with Gasteiger partial charge in [0.05, 0.1) is 0 Å². The number of nitrogens with two attached hydrogens (primary N) is 1. The maximum Gasteiger partial charge on any atom is 0.0323 e. The van der Waals surface area contributed by atoms with Gasteiger partial charge in [-0.15, -0.1) is 0 Å². The Balaban J connectivity index is 1.85. The van der Waals surface area contributed by atoms with Gasteiger partial charge in [0.25, 0.3) is 0 Å². The summed E-state index contributed by atoms with van der Waals surface area (Å²) in [5.74, 6) is 0.754. The van der Waals surface area contributed by atoms with Crippen molar-refractivity contribution in [3.8, 4) is 0 Å². The average Bonchev–Trinajstić information content (AvgIpc) is 2.61. The van der Waals surface area contributed by atoms with Crippen LogP contribution in [0.5, 0.6) is 0 Å². The Morgan fingerprint density at radius 3 is 2.60 bits per heavy atom. The Kier molecular flexibility index (Phi) is 2.28. The second-order valence-electron chi connectivity index (χ2n) is 5.10. The molecule has 0 saturated heterocycles. The molecule has 0 aliphatic heterocycles.